The molecule has 4 aromatic carbocycles. The molecule has 12 nitrogen and oxygen atoms in total. The SMILES string of the molecule is COc1ccc([C@@]23C(=O)N(Nc4ccc(Cl)cc4Cl)C(=O)[C@@H]2C[C@@H]2C(=CC[C@@H]4C(=O)N(c5ccc(N6CCOCC6)cc5)C(=O)[C@@H]42)[C@@H]3C2=COc3ccc(O)cc3C2)cc1. The molecule has 0 bridgehead atoms. The van der Waals surface area contributed by atoms with E-state index < -0.39 is 46.8 Å². The van der Waals surface area contributed by atoms with Crippen molar-refractivity contribution >= 4 is 63.9 Å². The van der Waals surface area contributed by atoms with Crippen LogP contribution < -0.4 is 24.7 Å². The predicted molar refractivity (Wildman–Crippen MR) is 224 cm³/mol. The number of morpholine rings is 1. The molecule has 306 valence electrons. The minimum Gasteiger partial charge on any atom is -0.508 e. The number of ether oxygens (including phenoxy) is 3. The van der Waals surface area contributed by atoms with E-state index in [1.54, 1.807) is 55.8 Å². The number of carbonyl (C=O) groups is 4. The van der Waals surface area contributed by atoms with Gasteiger partial charge in [0.2, 0.25) is 11.8 Å². The minimum atomic E-state index is -1.55. The number of anilines is 3. The number of hydrogen-bond acceptors (Lipinski definition) is 10. The zero-order valence-corrected chi connectivity index (χ0v) is 34.0. The van der Waals surface area contributed by atoms with E-state index in [1.165, 1.54) is 11.0 Å². The third kappa shape index (κ3) is 5.90. The van der Waals surface area contributed by atoms with Crippen molar-refractivity contribution in [2.24, 2.45) is 29.6 Å². The Hall–Kier alpha value is -5.82. The Bertz CT molecular complexity index is 2520. The van der Waals surface area contributed by atoms with Gasteiger partial charge in [-0.2, -0.15) is 5.01 Å². The Morgan fingerprint density at radius 3 is 2.33 bits per heavy atom. The fraction of sp³-hybridized carbons (Fsp3) is 0.304. The topological polar surface area (TPSA) is 138 Å². The number of aromatic hydroxyl groups is 1. The summed E-state index contributed by atoms with van der Waals surface area (Å²) in [5.41, 5.74) is 6.00. The van der Waals surface area contributed by atoms with E-state index in [9.17, 15) is 14.7 Å². The number of hydrogen-bond donors (Lipinski definition) is 2. The van der Waals surface area contributed by atoms with Gasteiger partial charge < -0.3 is 24.2 Å². The van der Waals surface area contributed by atoms with Gasteiger partial charge in [0.05, 0.1) is 66.2 Å². The largest absolute Gasteiger partial charge is 0.508 e. The van der Waals surface area contributed by atoms with E-state index >= 15 is 9.59 Å². The van der Waals surface area contributed by atoms with Gasteiger partial charge in [0.1, 0.15) is 17.2 Å². The van der Waals surface area contributed by atoms with Gasteiger partial charge in [-0.15, -0.1) is 0 Å². The number of nitrogens with zero attached hydrogens (tertiary/aromatic N) is 3. The van der Waals surface area contributed by atoms with E-state index in [0.717, 1.165) is 29.4 Å². The van der Waals surface area contributed by atoms with Crippen LogP contribution in [0.4, 0.5) is 17.1 Å². The van der Waals surface area contributed by atoms with Crippen LogP contribution in [0.2, 0.25) is 10.0 Å². The second kappa shape index (κ2) is 14.7. The van der Waals surface area contributed by atoms with Gasteiger partial charge in [-0.25, -0.2) is 0 Å². The summed E-state index contributed by atoms with van der Waals surface area (Å²) in [4.78, 5) is 63.5. The molecule has 0 aromatic heterocycles. The van der Waals surface area contributed by atoms with Crippen LogP contribution in [0.3, 0.4) is 0 Å². The molecule has 0 spiro atoms. The number of methoxy groups -OCH3 is 1. The van der Waals surface area contributed by atoms with Gasteiger partial charge in [-0.3, -0.25) is 29.5 Å². The molecule has 14 heteroatoms. The number of imide groups is 2. The Morgan fingerprint density at radius 2 is 1.60 bits per heavy atom. The lowest BCUT2D eigenvalue weighted by Gasteiger charge is -2.51. The van der Waals surface area contributed by atoms with Crippen LogP contribution in [-0.4, -0.2) is 67.2 Å². The van der Waals surface area contributed by atoms with Gasteiger partial charge in [0.25, 0.3) is 11.8 Å². The van der Waals surface area contributed by atoms with Crippen molar-refractivity contribution < 1.29 is 38.5 Å². The maximum absolute atomic E-state index is 15.6. The van der Waals surface area contributed by atoms with E-state index in [-0.39, 0.29) is 41.8 Å². The number of phenols is 1. The number of phenolic OH excluding ortho intramolecular Hbond substituents is 1. The van der Waals surface area contributed by atoms with Crippen LogP contribution in [0, 0.1) is 29.6 Å². The number of halogens is 2. The maximum atomic E-state index is 15.6. The third-order valence-corrected chi connectivity index (χ3v) is 13.8. The van der Waals surface area contributed by atoms with Crippen molar-refractivity contribution in [1.29, 1.82) is 0 Å². The molecule has 4 amide bonds. The van der Waals surface area contributed by atoms with Crippen LogP contribution in [0.5, 0.6) is 17.2 Å². The molecule has 6 atom stereocenters. The van der Waals surface area contributed by atoms with E-state index in [0.29, 0.717) is 57.8 Å². The lowest BCUT2D eigenvalue weighted by molar-refractivity contribution is -0.139. The van der Waals surface area contributed by atoms with E-state index in [2.05, 4.69) is 10.3 Å². The summed E-state index contributed by atoms with van der Waals surface area (Å²) < 4.78 is 17.3. The summed E-state index contributed by atoms with van der Waals surface area (Å²) >= 11 is 12.8. The molecule has 6 aliphatic rings. The highest BCUT2D eigenvalue weighted by Gasteiger charge is 2.71. The van der Waals surface area contributed by atoms with Crippen molar-refractivity contribution in [3.63, 3.8) is 0 Å². The molecule has 4 aromatic rings. The summed E-state index contributed by atoms with van der Waals surface area (Å²) in [5.74, 6) is -4.31. The van der Waals surface area contributed by atoms with E-state index in [4.69, 9.17) is 37.4 Å². The van der Waals surface area contributed by atoms with Gasteiger partial charge in [-0.05, 0) is 103 Å². The summed E-state index contributed by atoms with van der Waals surface area (Å²) in [6, 6.07) is 24.2. The standard InChI is InChI=1S/C46H40Cl2N4O8/c1-58-32-10-2-27(3-11-32)46-36(43(55)52(45(46)57)49-38-14-4-28(47)22-37(38)48)23-35-33(41(46)26-20-25-21-31(53)9-15-39(25)60-24-26)12-13-34-40(35)44(56)51(42(34)54)30-7-5-29(6-8-30)50-16-18-59-19-17-50/h2-12,14-15,21-22,24,34-36,40-41,49,53H,13,16-20,23H2,1H3/t34-,35+,36-,40-,41-,46+/m0/s1. The highest BCUT2D eigenvalue weighted by Crippen LogP contribution is 2.63. The third-order valence-electron chi connectivity index (χ3n) is 13.2. The summed E-state index contributed by atoms with van der Waals surface area (Å²) in [5, 5.41) is 12.2. The molecule has 2 aliphatic carbocycles. The highest BCUT2D eigenvalue weighted by molar-refractivity contribution is 6.36. The molecule has 0 unspecified atom stereocenters. The summed E-state index contributed by atoms with van der Waals surface area (Å²) in [6.45, 7) is 2.75. The number of amides is 4. The Morgan fingerprint density at radius 1 is 0.850 bits per heavy atom. The first-order valence-electron chi connectivity index (χ1n) is 20.0. The van der Waals surface area contributed by atoms with Gasteiger partial charge in [0, 0.05) is 41.7 Å². The lowest BCUT2D eigenvalue weighted by Crippen LogP contribution is -2.55. The Kier molecular flexibility index (Phi) is 9.42. The fourth-order valence-corrected chi connectivity index (χ4v) is 11.0. The minimum absolute atomic E-state index is 0.0538. The van der Waals surface area contributed by atoms with Crippen LogP contribution in [0.15, 0.2) is 108 Å². The first kappa shape index (κ1) is 38.4. The number of hydrazine groups is 1. The quantitative estimate of drug-likeness (QED) is 0.147. The molecule has 0 radical (unpaired) electrons. The second-order valence-electron chi connectivity index (χ2n) is 16.1. The molecular formula is C46H40Cl2N4O8. The molecule has 4 heterocycles. The summed E-state index contributed by atoms with van der Waals surface area (Å²) in [6.07, 6.45) is 4.30. The zero-order chi connectivity index (χ0) is 41.4. The number of fused-ring (bicyclic) bond motifs is 5. The molecule has 2 N–H and O–H groups in total. The van der Waals surface area contributed by atoms with Gasteiger partial charge in [0.15, 0.2) is 0 Å². The van der Waals surface area contributed by atoms with Crippen molar-refractivity contribution in [1.82, 2.24) is 5.01 Å². The van der Waals surface area contributed by atoms with Crippen LogP contribution in [0.1, 0.15) is 24.0 Å². The number of nitrogens with one attached hydrogen (secondary N) is 1. The van der Waals surface area contributed by atoms with Crippen molar-refractivity contribution in [3.8, 4) is 17.2 Å². The number of carbonyl (C=O) groups excluding carboxylic acids is 4. The normalized spacial score (nSPS) is 27.1. The Labute approximate surface area is 355 Å². The van der Waals surface area contributed by atoms with Gasteiger partial charge >= 0.3 is 0 Å². The first-order valence-corrected chi connectivity index (χ1v) is 20.8. The van der Waals surface area contributed by atoms with Crippen molar-refractivity contribution in [3.05, 3.63) is 130 Å². The van der Waals surface area contributed by atoms with Crippen LogP contribution >= 0.6 is 23.2 Å². The Balaban J connectivity index is 1.10. The van der Waals surface area contributed by atoms with Crippen molar-refractivity contribution in [2.75, 3.05) is 48.6 Å². The number of allylic oxidation sites excluding steroid dienone is 3. The van der Waals surface area contributed by atoms with Gasteiger partial charge in [-0.1, -0.05) is 47.0 Å². The molecule has 4 fully saturated rings. The zero-order valence-electron chi connectivity index (χ0n) is 32.5. The monoisotopic (exact) mass is 846 g/mol. The number of rotatable bonds is 7. The highest BCUT2D eigenvalue weighted by atomic mass is 35.5. The van der Waals surface area contributed by atoms with Crippen molar-refractivity contribution in [2.45, 2.75) is 24.7 Å². The molecular weight excluding hydrogens is 807 g/mol. The fourth-order valence-electron chi connectivity index (χ4n) is 10.5. The average Bonchev–Trinajstić information content (AvgIpc) is 3.65. The predicted octanol–water partition coefficient (Wildman–Crippen LogP) is 7.09. The molecule has 3 saturated heterocycles. The first-order chi connectivity index (χ1) is 29.1. The lowest BCUT2D eigenvalue weighted by atomic mass is 9.48. The van der Waals surface area contributed by atoms with Crippen LogP contribution in [-0.2, 0) is 35.8 Å². The smallest absolute Gasteiger partial charge is 0.260 e. The molecule has 4 aliphatic heterocycles. The number of benzene rings is 4. The molecule has 60 heavy (non-hydrogen) atoms. The molecule has 1 saturated carbocycles. The average molecular weight is 848 g/mol. The maximum Gasteiger partial charge on any atom is 0.260 e. The summed E-state index contributed by atoms with van der Waals surface area (Å²) in [7, 11) is 1.55. The second-order valence-corrected chi connectivity index (χ2v) is 17.0. The molecule has 10 rings (SSSR count). The van der Waals surface area contributed by atoms with E-state index in [1.807, 2.05) is 42.5 Å². The van der Waals surface area contributed by atoms with Crippen LogP contribution in [0.25, 0.3) is 0 Å².